The normalized spacial score (nSPS) is 19.8. The van der Waals surface area contributed by atoms with Crippen LogP contribution in [0.2, 0.25) is 0 Å². The fraction of sp³-hybridized carbons (Fsp3) is 0.615. The molecule has 19 heavy (non-hydrogen) atoms. The van der Waals surface area contributed by atoms with Gasteiger partial charge in [0, 0.05) is 43.0 Å². The van der Waals surface area contributed by atoms with E-state index in [1.54, 1.807) is 20.0 Å². The molecule has 6 heteroatoms. The number of nitrogens with one attached hydrogen (secondary N) is 1. The predicted molar refractivity (Wildman–Crippen MR) is 73.1 cm³/mol. The molecule has 2 heterocycles. The van der Waals surface area contributed by atoms with Crippen molar-refractivity contribution in [1.29, 1.82) is 0 Å². The number of nitrogens with zero attached hydrogens (tertiary/aromatic N) is 3. The van der Waals surface area contributed by atoms with Crippen LogP contribution in [-0.2, 0) is 6.54 Å². The van der Waals surface area contributed by atoms with Gasteiger partial charge in [0.1, 0.15) is 0 Å². The van der Waals surface area contributed by atoms with Crippen LogP contribution in [0, 0.1) is 24.0 Å². The summed E-state index contributed by atoms with van der Waals surface area (Å²) in [5.41, 5.74) is 2.34. The maximum atomic E-state index is 11.1. The second kappa shape index (κ2) is 5.63. The number of hydrogen-bond acceptors (Lipinski definition) is 5. The Morgan fingerprint density at radius 2 is 2.32 bits per heavy atom. The van der Waals surface area contributed by atoms with Gasteiger partial charge < -0.3 is 5.32 Å². The quantitative estimate of drug-likeness (QED) is 0.657. The second-order valence-corrected chi connectivity index (χ2v) is 5.13. The van der Waals surface area contributed by atoms with E-state index >= 15 is 0 Å². The van der Waals surface area contributed by atoms with Gasteiger partial charge in [0.25, 0.3) is 5.69 Å². The molecule has 1 unspecified atom stereocenters. The zero-order valence-electron chi connectivity index (χ0n) is 11.6. The molecule has 6 nitrogen and oxygen atoms in total. The standard InChI is InChI=1S/C13H20N4O2/c1-9-6-15-12(10(2)13(9)17(18)19)8-16-5-4-11(7-16)14-3/h6,11,14H,4-5,7-8H2,1-3H3. The van der Waals surface area contributed by atoms with Gasteiger partial charge in [-0.1, -0.05) is 0 Å². The summed E-state index contributed by atoms with van der Waals surface area (Å²) < 4.78 is 0. The van der Waals surface area contributed by atoms with Crippen molar-refractivity contribution in [2.45, 2.75) is 32.9 Å². The summed E-state index contributed by atoms with van der Waals surface area (Å²) in [5.74, 6) is 0. The smallest absolute Gasteiger partial charge is 0.278 e. The lowest BCUT2D eigenvalue weighted by Gasteiger charge is -2.17. The van der Waals surface area contributed by atoms with E-state index in [2.05, 4.69) is 15.2 Å². The van der Waals surface area contributed by atoms with E-state index < -0.39 is 0 Å². The lowest BCUT2D eigenvalue weighted by Crippen LogP contribution is -2.29. The molecule has 0 spiro atoms. The van der Waals surface area contributed by atoms with Crippen molar-refractivity contribution in [3.8, 4) is 0 Å². The van der Waals surface area contributed by atoms with E-state index in [1.165, 1.54) is 0 Å². The molecule has 1 aromatic heterocycles. The summed E-state index contributed by atoms with van der Waals surface area (Å²) in [6, 6.07) is 0.515. The van der Waals surface area contributed by atoms with Gasteiger partial charge in [-0.3, -0.25) is 20.0 Å². The van der Waals surface area contributed by atoms with Crippen LogP contribution in [0.15, 0.2) is 6.20 Å². The third kappa shape index (κ3) is 2.90. The number of likely N-dealkylation sites (tertiary alicyclic amines) is 1. The first kappa shape index (κ1) is 13.9. The van der Waals surface area contributed by atoms with E-state index in [0.29, 0.717) is 23.7 Å². The van der Waals surface area contributed by atoms with Crippen molar-refractivity contribution in [3.05, 3.63) is 33.1 Å². The average Bonchev–Trinajstić information content (AvgIpc) is 2.80. The maximum Gasteiger partial charge on any atom is 0.278 e. The zero-order chi connectivity index (χ0) is 14.0. The van der Waals surface area contributed by atoms with Crippen LogP contribution >= 0.6 is 0 Å². The fourth-order valence-electron chi connectivity index (χ4n) is 2.63. The van der Waals surface area contributed by atoms with Crippen LogP contribution in [0.25, 0.3) is 0 Å². The molecule has 1 atom stereocenters. The van der Waals surface area contributed by atoms with Crippen molar-refractivity contribution in [2.24, 2.45) is 0 Å². The topological polar surface area (TPSA) is 71.3 Å². The average molecular weight is 264 g/mol. The molecule has 1 N–H and O–H groups in total. The summed E-state index contributed by atoms with van der Waals surface area (Å²) in [7, 11) is 1.97. The van der Waals surface area contributed by atoms with Gasteiger partial charge in [0.2, 0.25) is 0 Å². The maximum absolute atomic E-state index is 11.1. The van der Waals surface area contributed by atoms with E-state index in [0.717, 1.165) is 25.2 Å². The summed E-state index contributed by atoms with van der Waals surface area (Å²) in [5, 5.41) is 14.3. The molecule has 1 aliphatic rings. The van der Waals surface area contributed by atoms with E-state index in [9.17, 15) is 10.1 Å². The highest BCUT2D eigenvalue weighted by Crippen LogP contribution is 2.25. The van der Waals surface area contributed by atoms with E-state index in [-0.39, 0.29) is 10.6 Å². The van der Waals surface area contributed by atoms with Crippen LogP contribution in [0.5, 0.6) is 0 Å². The van der Waals surface area contributed by atoms with Crippen molar-refractivity contribution >= 4 is 5.69 Å². The van der Waals surface area contributed by atoms with Crippen molar-refractivity contribution < 1.29 is 4.92 Å². The number of likely N-dealkylation sites (N-methyl/N-ethyl adjacent to an activating group) is 1. The minimum absolute atomic E-state index is 0.203. The van der Waals surface area contributed by atoms with Crippen molar-refractivity contribution in [3.63, 3.8) is 0 Å². The Labute approximate surface area is 113 Å². The summed E-state index contributed by atoms with van der Waals surface area (Å²) >= 11 is 0. The first-order valence-electron chi connectivity index (χ1n) is 6.52. The Kier molecular flexibility index (Phi) is 4.11. The molecule has 0 aromatic carbocycles. The molecule has 0 amide bonds. The summed E-state index contributed by atoms with van der Waals surface area (Å²) in [6.45, 7) is 6.19. The molecule has 2 rings (SSSR count). The lowest BCUT2D eigenvalue weighted by molar-refractivity contribution is -0.386. The highest BCUT2D eigenvalue weighted by molar-refractivity contribution is 5.47. The Morgan fingerprint density at radius 3 is 2.89 bits per heavy atom. The van der Waals surface area contributed by atoms with Crippen LogP contribution in [-0.4, -0.2) is 41.0 Å². The highest BCUT2D eigenvalue weighted by Gasteiger charge is 2.24. The molecule has 0 saturated carbocycles. The van der Waals surface area contributed by atoms with E-state index in [4.69, 9.17) is 0 Å². The SMILES string of the molecule is CNC1CCN(Cc2ncc(C)c([N+](=O)[O-])c2C)C1. The number of aryl methyl sites for hydroxylation is 1. The molecule has 0 aliphatic carbocycles. The number of hydrogen-bond donors (Lipinski definition) is 1. The number of nitro groups is 1. The van der Waals surface area contributed by atoms with Gasteiger partial charge in [0.05, 0.1) is 10.6 Å². The Bertz CT molecular complexity index is 490. The van der Waals surface area contributed by atoms with Crippen LogP contribution in [0.4, 0.5) is 5.69 Å². The summed E-state index contributed by atoms with van der Waals surface area (Å²) in [4.78, 5) is 17.4. The number of pyridine rings is 1. The zero-order valence-corrected chi connectivity index (χ0v) is 11.6. The van der Waals surface area contributed by atoms with Crippen molar-refractivity contribution in [1.82, 2.24) is 15.2 Å². The Balaban J connectivity index is 2.18. The van der Waals surface area contributed by atoms with Crippen molar-refractivity contribution in [2.75, 3.05) is 20.1 Å². The van der Waals surface area contributed by atoms with Gasteiger partial charge in [0.15, 0.2) is 0 Å². The van der Waals surface area contributed by atoms with Crippen LogP contribution in [0.3, 0.4) is 0 Å². The minimum atomic E-state index is -0.309. The first-order chi connectivity index (χ1) is 9.02. The highest BCUT2D eigenvalue weighted by atomic mass is 16.6. The molecular weight excluding hydrogens is 244 g/mol. The Hall–Kier alpha value is -1.53. The third-order valence-corrected chi connectivity index (χ3v) is 3.81. The van der Waals surface area contributed by atoms with Crippen LogP contribution < -0.4 is 5.32 Å². The minimum Gasteiger partial charge on any atom is -0.316 e. The molecule has 1 fully saturated rings. The third-order valence-electron chi connectivity index (χ3n) is 3.81. The van der Waals surface area contributed by atoms with Gasteiger partial charge in [-0.15, -0.1) is 0 Å². The monoisotopic (exact) mass is 264 g/mol. The predicted octanol–water partition coefficient (Wildman–Crippen LogP) is 1.40. The van der Waals surface area contributed by atoms with E-state index in [1.807, 2.05) is 7.05 Å². The lowest BCUT2D eigenvalue weighted by atomic mass is 10.1. The van der Waals surface area contributed by atoms with Crippen LogP contribution in [0.1, 0.15) is 23.2 Å². The van der Waals surface area contributed by atoms with Gasteiger partial charge in [-0.05, 0) is 27.3 Å². The molecule has 0 bridgehead atoms. The number of rotatable bonds is 4. The van der Waals surface area contributed by atoms with Gasteiger partial charge in [-0.25, -0.2) is 0 Å². The first-order valence-corrected chi connectivity index (χ1v) is 6.52. The fourth-order valence-corrected chi connectivity index (χ4v) is 2.63. The second-order valence-electron chi connectivity index (χ2n) is 5.13. The summed E-state index contributed by atoms with van der Waals surface area (Å²) in [6.07, 6.45) is 2.72. The molecule has 0 radical (unpaired) electrons. The molecular formula is C13H20N4O2. The largest absolute Gasteiger partial charge is 0.316 e. The molecule has 1 aromatic rings. The Morgan fingerprint density at radius 1 is 1.58 bits per heavy atom. The molecule has 104 valence electrons. The molecule has 1 saturated heterocycles. The number of aromatic nitrogens is 1. The molecule has 1 aliphatic heterocycles. The van der Waals surface area contributed by atoms with Gasteiger partial charge in [-0.2, -0.15) is 0 Å². The van der Waals surface area contributed by atoms with Gasteiger partial charge >= 0.3 is 0 Å².